The molecule has 0 rings (SSSR count). The van der Waals surface area contributed by atoms with Gasteiger partial charge in [0.05, 0.1) is 0 Å². The average Bonchev–Trinajstić information content (AvgIpc) is 2.38. The molecule has 0 radical (unpaired) electrons. The van der Waals surface area contributed by atoms with E-state index in [1.807, 2.05) is 0 Å². The van der Waals surface area contributed by atoms with Gasteiger partial charge in [-0.15, -0.1) is 0 Å². The molecule has 0 aromatic rings. The van der Waals surface area contributed by atoms with Crippen LogP contribution in [0.2, 0.25) is 0 Å². The Morgan fingerprint density at radius 2 is 1.47 bits per heavy atom. The topological polar surface area (TPSA) is 168 Å². The van der Waals surface area contributed by atoms with Crippen molar-refractivity contribution in [2.75, 3.05) is 6.54 Å². The average molecular weight is 277 g/mol. The first-order valence-corrected chi connectivity index (χ1v) is 5.73. The molecule has 0 aliphatic heterocycles. The van der Waals surface area contributed by atoms with Gasteiger partial charge in [-0.1, -0.05) is 0 Å². The van der Waals surface area contributed by atoms with Gasteiger partial charge < -0.3 is 22.3 Å². The van der Waals surface area contributed by atoms with Gasteiger partial charge in [-0.25, -0.2) is 19.4 Å². The lowest BCUT2D eigenvalue weighted by molar-refractivity contribution is -0.261. The van der Waals surface area contributed by atoms with Gasteiger partial charge in [0.25, 0.3) is 0 Å². The molecule has 0 bridgehead atoms. The van der Waals surface area contributed by atoms with E-state index in [9.17, 15) is 14.4 Å². The summed E-state index contributed by atoms with van der Waals surface area (Å²) in [4.78, 5) is 41.1. The number of aliphatic carboxylic acids is 1. The molecule has 1 unspecified atom stereocenters. The molecule has 9 nitrogen and oxygen atoms in total. The van der Waals surface area contributed by atoms with Crippen LogP contribution < -0.4 is 17.2 Å². The van der Waals surface area contributed by atoms with Crippen molar-refractivity contribution >= 4 is 17.9 Å². The van der Waals surface area contributed by atoms with Gasteiger partial charge in [0.2, 0.25) is 0 Å². The van der Waals surface area contributed by atoms with Crippen molar-refractivity contribution in [3.8, 4) is 0 Å². The maximum atomic E-state index is 11.2. The summed E-state index contributed by atoms with van der Waals surface area (Å²) < 4.78 is 0. The van der Waals surface area contributed by atoms with E-state index in [1.165, 1.54) is 0 Å². The summed E-state index contributed by atoms with van der Waals surface area (Å²) in [6.07, 6.45) is 0.422. The lowest BCUT2D eigenvalue weighted by Gasteiger charge is -2.11. The number of carbonyl (C=O) groups is 3. The van der Waals surface area contributed by atoms with E-state index in [2.05, 4.69) is 9.78 Å². The van der Waals surface area contributed by atoms with Crippen molar-refractivity contribution in [1.82, 2.24) is 0 Å². The number of rotatable bonds is 8. The minimum Gasteiger partial charge on any atom is -0.481 e. The van der Waals surface area contributed by atoms with Crippen molar-refractivity contribution < 1.29 is 29.3 Å². The quantitative estimate of drug-likeness (QED) is 0.297. The highest BCUT2D eigenvalue weighted by molar-refractivity contribution is 5.79. The van der Waals surface area contributed by atoms with Crippen LogP contribution in [0.5, 0.6) is 0 Å². The molecular formula is C10H19N3O6. The maximum absolute atomic E-state index is 11.2. The van der Waals surface area contributed by atoms with Gasteiger partial charge >= 0.3 is 17.9 Å². The molecule has 2 atom stereocenters. The second-order valence-corrected chi connectivity index (χ2v) is 3.88. The Labute approximate surface area is 109 Å². The summed E-state index contributed by atoms with van der Waals surface area (Å²) in [7, 11) is 0. The molecule has 0 saturated carbocycles. The summed E-state index contributed by atoms with van der Waals surface area (Å²) in [6, 6.07) is -2.12. The van der Waals surface area contributed by atoms with Gasteiger partial charge in [0.15, 0.2) is 0 Å². The summed E-state index contributed by atoms with van der Waals surface area (Å²) in [5.41, 5.74) is 16.0. The lowest BCUT2D eigenvalue weighted by Crippen LogP contribution is -2.37. The summed E-state index contributed by atoms with van der Waals surface area (Å²) in [6.45, 7) is 0.376. The molecular weight excluding hydrogens is 258 g/mol. The third-order valence-electron chi connectivity index (χ3n) is 2.20. The highest BCUT2D eigenvalue weighted by Gasteiger charge is 2.22. The summed E-state index contributed by atoms with van der Waals surface area (Å²) in [5, 5.41) is 8.40. The van der Waals surface area contributed by atoms with E-state index in [4.69, 9.17) is 22.3 Å². The van der Waals surface area contributed by atoms with E-state index in [0.29, 0.717) is 19.4 Å². The maximum Gasteiger partial charge on any atom is 0.372 e. The minimum absolute atomic E-state index is 0.120. The zero-order chi connectivity index (χ0) is 14.8. The number of nitrogens with two attached hydrogens (primary N) is 3. The van der Waals surface area contributed by atoms with Gasteiger partial charge in [0, 0.05) is 6.42 Å². The molecule has 0 aliphatic rings. The fraction of sp³-hybridized carbons (Fsp3) is 0.700. The molecule has 7 N–H and O–H groups in total. The van der Waals surface area contributed by atoms with Crippen molar-refractivity contribution in [1.29, 1.82) is 0 Å². The highest BCUT2D eigenvalue weighted by atomic mass is 17.2. The van der Waals surface area contributed by atoms with E-state index in [1.54, 1.807) is 0 Å². The van der Waals surface area contributed by atoms with E-state index in [0.717, 1.165) is 0 Å². The number of carboxylic acids is 1. The summed E-state index contributed by atoms with van der Waals surface area (Å²) in [5.74, 6) is -3.03. The first kappa shape index (κ1) is 17.3. The van der Waals surface area contributed by atoms with E-state index in [-0.39, 0.29) is 12.8 Å². The van der Waals surface area contributed by atoms with Crippen molar-refractivity contribution in [2.24, 2.45) is 17.2 Å². The Kier molecular flexibility index (Phi) is 8.42. The molecule has 0 saturated heterocycles. The molecule has 0 amide bonds. The Hall–Kier alpha value is -1.71. The van der Waals surface area contributed by atoms with Crippen molar-refractivity contribution in [2.45, 2.75) is 37.8 Å². The molecule has 0 aromatic carbocycles. The largest absolute Gasteiger partial charge is 0.481 e. The minimum atomic E-state index is -1.18. The van der Waals surface area contributed by atoms with Crippen molar-refractivity contribution in [3.63, 3.8) is 0 Å². The van der Waals surface area contributed by atoms with Crippen LogP contribution in [0, 0.1) is 0 Å². The first-order valence-electron chi connectivity index (χ1n) is 5.73. The lowest BCUT2D eigenvalue weighted by atomic mass is 10.2. The molecule has 0 fully saturated rings. The Bertz CT molecular complexity index is 322. The third-order valence-corrected chi connectivity index (χ3v) is 2.20. The molecule has 9 heteroatoms. The summed E-state index contributed by atoms with van der Waals surface area (Å²) >= 11 is 0. The Morgan fingerprint density at radius 1 is 1.00 bits per heavy atom. The Balaban J connectivity index is 3.94. The number of hydrogen-bond donors (Lipinski definition) is 4. The van der Waals surface area contributed by atoms with Gasteiger partial charge in [-0.2, -0.15) is 0 Å². The van der Waals surface area contributed by atoms with E-state index < -0.39 is 30.0 Å². The van der Waals surface area contributed by atoms with Crippen molar-refractivity contribution in [3.05, 3.63) is 0 Å². The van der Waals surface area contributed by atoms with Gasteiger partial charge in [-0.3, -0.25) is 4.79 Å². The van der Waals surface area contributed by atoms with Crippen LogP contribution in [0.3, 0.4) is 0 Å². The van der Waals surface area contributed by atoms with Crippen LogP contribution in [-0.4, -0.2) is 41.6 Å². The van der Waals surface area contributed by atoms with Crippen LogP contribution >= 0.6 is 0 Å². The molecule has 0 spiro atoms. The fourth-order valence-electron chi connectivity index (χ4n) is 1.06. The molecule has 0 aromatic heterocycles. The fourth-order valence-corrected chi connectivity index (χ4v) is 1.06. The molecule has 19 heavy (non-hydrogen) atoms. The van der Waals surface area contributed by atoms with Crippen LogP contribution in [0.25, 0.3) is 0 Å². The number of carboxylic acid groups (broad SMARTS) is 1. The Morgan fingerprint density at radius 3 is 1.89 bits per heavy atom. The standard InChI is InChI=1S/C10H19N3O6/c11-5-1-2-6(12)9(16)18-19-10(17)7(13)3-4-8(14)15/h6-7H,1-5,11-13H2,(H,14,15)/t6?,7-/m1/s1. The number of hydrogen-bond acceptors (Lipinski definition) is 8. The van der Waals surface area contributed by atoms with Crippen LogP contribution in [0.1, 0.15) is 25.7 Å². The smallest absolute Gasteiger partial charge is 0.372 e. The second-order valence-electron chi connectivity index (χ2n) is 3.88. The van der Waals surface area contributed by atoms with Crippen LogP contribution in [-0.2, 0) is 24.2 Å². The normalized spacial score (nSPS) is 13.4. The zero-order valence-corrected chi connectivity index (χ0v) is 10.4. The predicted octanol–water partition coefficient (Wildman–Crippen LogP) is -1.75. The molecule has 0 heterocycles. The molecule has 0 aliphatic carbocycles. The van der Waals surface area contributed by atoms with Crippen LogP contribution in [0.4, 0.5) is 0 Å². The monoisotopic (exact) mass is 277 g/mol. The van der Waals surface area contributed by atoms with Crippen LogP contribution in [0.15, 0.2) is 0 Å². The molecule has 110 valence electrons. The predicted molar refractivity (Wildman–Crippen MR) is 63.3 cm³/mol. The third kappa shape index (κ3) is 8.08. The van der Waals surface area contributed by atoms with Gasteiger partial charge in [0.1, 0.15) is 12.1 Å². The second kappa shape index (κ2) is 9.25. The zero-order valence-electron chi connectivity index (χ0n) is 10.4. The highest BCUT2D eigenvalue weighted by Crippen LogP contribution is 2.00. The van der Waals surface area contributed by atoms with Gasteiger partial charge in [-0.05, 0) is 25.8 Å². The number of carbonyl (C=O) groups excluding carboxylic acids is 2. The van der Waals surface area contributed by atoms with E-state index >= 15 is 0 Å². The SMILES string of the molecule is NCCCC(N)C(=O)OOC(=O)[C@H](N)CCC(=O)O. The first-order chi connectivity index (χ1) is 8.88.